The van der Waals surface area contributed by atoms with Crippen LogP contribution in [0.5, 0.6) is 0 Å². The molecule has 0 N–H and O–H groups in total. The van der Waals surface area contributed by atoms with E-state index in [0.29, 0.717) is 0 Å². The lowest BCUT2D eigenvalue weighted by atomic mass is 10.4. The summed E-state index contributed by atoms with van der Waals surface area (Å²) >= 11 is 0. The predicted molar refractivity (Wildman–Crippen MR) is 103 cm³/mol. The van der Waals surface area contributed by atoms with E-state index < -0.39 is 6.89 Å². The van der Waals surface area contributed by atoms with Gasteiger partial charge in [-0.25, -0.2) is 4.79 Å². The van der Waals surface area contributed by atoms with E-state index >= 15 is 0 Å². The molecule has 0 unspecified atom stereocenters. The second-order valence-electron chi connectivity index (χ2n) is 5.38. The maximum absolute atomic E-state index is 12.3. The number of hydrogen-bond acceptors (Lipinski definition) is 2. The van der Waals surface area contributed by atoms with Crippen molar-refractivity contribution in [1.82, 2.24) is 0 Å². The van der Waals surface area contributed by atoms with Crippen molar-refractivity contribution in [3.05, 3.63) is 91.0 Å². The minimum atomic E-state index is -2.23. The SMILES string of the molecule is CO[13C](=O)C=P(c1ccccc1)(c1ccccc1)c1ccccc1. The van der Waals surface area contributed by atoms with Gasteiger partial charge in [-0.05, 0) is 22.8 Å². The third-order valence-corrected chi connectivity index (χ3v) is 7.93. The molecule has 3 heteroatoms. The molecule has 24 heavy (non-hydrogen) atoms. The van der Waals surface area contributed by atoms with E-state index in [4.69, 9.17) is 4.74 Å². The fraction of sp³-hybridized carbons (Fsp3) is 0.0476. The molecule has 0 heterocycles. The average Bonchev–Trinajstić information content (AvgIpc) is 2.68. The van der Waals surface area contributed by atoms with Gasteiger partial charge in [-0.15, -0.1) is 0 Å². The summed E-state index contributed by atoms with van der Waals surface area (Å²) in [6.45, 7) is -2.23. The number of methoxy groups -OCH3 is 1. The predicted octanol–water partition coefficient (Wildman–Crippen LogP) is 2.96. The number of benzene rings is 3. The fourth-order valence-electron chi connectivity index (χ4n) is 2.87. The van der Waals surface area contributed by atoms with Gasteiger partial charge in [0, 0.05) is 5.80 Å². The zero-order valence-electron chi connectivity index (χ0n) is 13.5. The Hall–Kier alpha value is -2.57. The highest BCUT2D eigenvalue weighted by Gasteiger charge is 2.26. The van der Waals surface area contributed by atoms with Crippen molar-refractivity contribution in [3.8, 4) is 0 Å². The van der Waals surface area contributed by atoms with Gasteiger partial charge in [-0.3, -0.25) is 0 Å². The average molecular weight is 335 g/mol. The van der Waals surface area contributed by atoms with Crippen molar-refractivity contribution in [3.63, 3.8) is 0 Å². The van der Waals surface area contributed by atoms with Gasteiger partial charge in [0.05, 0.1) is 7.11 Å². The van der Waals surface area contributed by atoms with Gasteiger partial charge in [0.15, 0.2) is 0 Å². The van der Waals surface area contributed by atoms with E-state index in [1.54, 1.807) is 5.80 Å². The monoisotopic (exact) mass is 335 g/mol. The summed E-state index contributed by atoms with van der Waals surface area (Å²) < 4.78 is 5.00. The first-order chi connectivity index (χ1) is 11.8. The van der Waals surface area contributed by atoms with Gasteiger partial charge < -0.3 is 4.74 Å². The minimum absolute atomic E-state index is 0.306. The van der Waals surface area contributed by atoms with E-state index in [1.807, 2.05) is 54.6 Å². The van der Waals surface area contributed by atoms with E-state index in [9.17, 15) is 4.79 Å². The highest BCUT2D eigenvalue weighted by molar-refractivity contribution is 7.95. The molecule has 0 bridgehead atoms. The zero-order valence-corrected chi connectivity index (χ0v) is 14.4. The summed E-state index contributed by atoms with van der Waals surface area (Å²) in [5.74, 6) is 1.47. The molecular weight excluding hydrogens is 316 g/mol. The molecule has 0 aliphatic rings. The van der Waals surface area contributed by atoms with Gasteiger partial charge >= 0.3 is 5.97 Å². The van der Waals surface area contributed by atoms with Crippen molar-refractivity contribution >= 4 is 34.6 Å². The normalized spacial score (nSPS) is 10.9. The number of carbonyl (C=O) groups excluding carboxylic acids is 1. The van der Waals surface area contributed by atoms with Crippen LogP contribution >= 0.6 is 6.89 Å². The molecule has 0 fully saturated rings. The van der Waals surface area contributed by atoms with Crippen LogP contribution in [-0.2, 0) is 9.53 Å². The molecule has 0 aliphatic carbocycles. The molecule has 0 aliphatic heterocycles. The van der Waals surface area contributed by atoms with Crippen LogP contribution in [0.1, 0.15) is 0 Å². The van der Waals surface area contributed by atoms with Crippen molar-refractivity contribution in [2.45, 2.75) is 0 Å². The van der Waals surface area contributed by atoms with Crippen molar-refractivity contribution in [2.24, 2.45) is 0 Å². The van der Waals surface area contributed by atoms with Crippen LogP contribution in [-0.4, -0.2) is 18.9 Å². The van der Waals surface area contributed by atoms with Crippen molar-refractivity contribution in [1.29, 1.82) is 0 Å². The molecule has 0 atom stereocenters. The quantitative estimate of drug-likeness (QED) is 0.416. The number of rotatable bonds is 4. The van der Waals surface area contributed by atoms with E-state index in [-0.39, 0.29) is 5.97 Å². The summed E-state index contributed by atoms with van der Waals surface area (Å²) in [6, 6.07) is 30.6. The summed E-state index contributed by atoms with van der Waals surface area (Å²) in [5.41, 5.74) is 0. The molecule has 3 rings (SSSR count). The summed E-state index contributed by atoms with van der Waals surface area (Å²) in [5, 5.41) is 3.40. The Morgan fingerprint density at radius 3 is 1.33 bits per heavy atom. The Kier molecular flexibility index (Phi) is 4.98. The zero-order chi connectivity index (χ0) is 16.8. The number of hydrogen-bond donors (Lipinski definition) is 0. The lowest BCUT2D eigenvalue weighted by Crippen LogP contribution is -2.28. The maximum Gasteiger partial charge on any atom is 0.331 e. The number of ether oxygens (including phenoxy) is 1. The smallest absolute Gasteiger partial charge is 0.331 e. The largest absolute Gasteiger partial charge is 0.466 e. The molecule has 120 valence electrons. The van der Waals surface area contributed by atoms with Crippen molar-refractivity contribution in [2.75, 3.05) is 7.11 Å². The van der Waals surface area contributed by atoms with Crippen LogP contribution in [0.4, 0.5) is 0 Å². The minimum Gasteiger partial charge on any atom is -0.466 e. The summed E-state index contributed by atoms with van der Waals surface area (Å²) in [6.07, 6.45) is 0. The second-order valence-corrected chi connectivity index (χ2v) is 8.63. The Balaban J connectivity index is 2.42. The lowest BCUT2D eigenvalue weighted by molar-refractivity contribution is -0.132. The third kappa shape index (κ3) is 3.06. The number of carbonyl (C=O) groups is 1. The Morgan fingerprint density at radius 2 is 1.04 bits per heavy atom. The van der Waals surface area contributed by atoms with Crippen LogP contribution in [0.15, 0.2) is 91.0 Å². The molecule has 3 aromatic rings. The molecule has 0 aromatic heterocycles. The van der Waals surface area contributed by atoms with Gasteiger partial charge in [0.25, 0.3) is 0 Å². The van der Waals surface area contributed by atoms with Crippen LogP contribution < -0.4 is 15.9 Å². The van der Waals surface area contributed by atoms with Crippen LogP contribution in [0.3, 0.4) is 0 Å². The highest BCUT2D eigenvalue weighted by atomic mass is 31.2. The van der Waals surface area contributed by atoms with Crippen LogP contribution in [0.25, 0.3) is 0 Å². The molecule has 0 saturated heterocycles. The number of esters is 1. The first-order valence-corrected chi connectivity index (χ1v) is 9.62. The molecule has 0 radical (unpaired) electrons. The van der Waals surface area contributed by atoms with Gasteiger partial charge in [-0.1, -0.05) is 91.0 Å². The van der Waals surface area contributed by atoms with Crippen LogP contribution in [0, 0.1) is 0 Å². The van der Waals surface area contributed by atoms with Gasteiger partial charge in [-0.2, -0.15) is 0 Å². The first kappa shape index (κ1) is 16.3. The third-order valence-electron chi connectivity index (χ3n) is 3.99. The molecule has 2 nitrogen and oxygen atoms in total. The van der Waals surface area contributed by atoms with E-state index in [2.05, 4.69) is 36.4 Å². The van der Waals surface area contributed by atoms with E-state index in [1.165, 1.54) is 7.11 Å². The Morgan fingerprint density at radius 1 is 0.708 bits per heavy atom. The topological polar surface area (TPSA) is 26.3 Å². The fourth-order valence-corrected chi connectivity index (χ4v) is 6.56. The molecule has 0 spiro atoms. The Labute approximate surface area is 142 Å². The Bertz CT molecular complexity index is 753. The lowest BCUT2D eigenvalue weighted by Gasteiger charge is -2.28. The molecular formula is C21H19O2P. The molecule has 0 amide bonds. The molecule has 0 saturated carbocycles. The molecule has 3 aromatic carbocycles. The van der Waals surface area contributed by atoms with E-state index in [0.717, 1.165) is 15.9 Å². The second kappa shape index (κ2) is 7.33. The summed E-state index contributed by atoms with van der Waals surface area (Å²) in [4.78, 5) is 12.3. The summed E-state index contributed by atoms with van der Waals surface area (Å²) in [7, 11) is 1.43. The maximum atomic E-state index is 12.3. The van der Waals surface area contributed by atoms with Crippen molar-refractivity contribution < 1.29 is 9.53 Å². The van der Waals surface area contributed by atoms with Gasteiger partial charge in [0.1, 0.15) is 0 Å². The van der Waals surface area contributed by atoms with Crippen LogP contribution in [0.2, 0.25) is 0 Å². The van der Waals surface area contributed by atoms with Gasteiger partial charge in [0.2, 0.25) is 0 Å². The highest BCUT2D eigenvalue weighted by Crippen LogP contribution is 2.43. The first-order valence-electron chi connectivity index (χ1n) is 7.77. The standard InChI is InChI=1S/C21H19O2P/c1-23-21(22)17-24(18-11-5-2-6-12-18,19-13-7-3-8-14-19)20-15-9-4-10-16-20/h2-17H,1H3/i21+1.